The number of carbonyl (C=O) groups excluding carboxylic acids is 2. The quantitative estimate of drug-likeness (QED) is 0.750. The van der Waals surface area contributed by atoms with Gasteiger partial charge in [0.25, 0.3) is 0 Å². The topological polar surface area (TPSA) is 90.6 Å². The Morgan fingerprint density at radius 2 is 1.77 bits per heavy atom. The fourth-order valence-electron chi connectivity index (χ4n) is 1.62. The highest BCUT2D eigenvalue weighted by Gasteiger charge is 2.20. The van der Waals surface area contributed by atoms with E-state index in [2.05, 4.69) is 5.32 Å². The summed E-state index contributed by atoms with van der Waals surface area (Å²) in [7, 11) is 0. The minimum absolute atomic E-state index is 0.0679. The first-order valence-electron chi connectivity index (χ1n) is 7.29. The third-order valence-electron chi connectivity index (χ3n) is 3.10. The lowest BCUT2D eigenvalue weighted by molar-refractivity contribution is -0.145. The standard InChI is InChI=1S/C16H24N2O4/c1-11(2)14(10-21-15(19)12(3)17)18-16(20)22-9-13-7-5-4-6-8-13/h4-8,11-12,14H,9-10,17H2,1-3H3,(H,18,20)/t12-,14+/m0/s1. The molecule has 0 aliphatic heterocycles. The summed E-state index contributed by atoms with van der Waals surface area (Å²) < 4.78 is 10.2. The zero-order valence-corrected chi connectivity index (χ0v) is 13.2. The van der Waals surface area contributed by atoms with Crippen molar-refractivity contribution in [2.75, 3.05) is 6.61 Å². The van der Waals surface area contributed by atoms with Crippen molar-refractivity contribution in [3.05, 3.63) is 35.9 Å². The summed E-state index contributed by atoms with van der Waals surface area (Å²) in [4.78, 5) is 23.2. The second-order valence-corrected chi connectivity index (χ2v) is 5.48. The van der Waals surface area contributed by atoms with E-state index in [1.807, 2.05) is 44.2 Å². The molecule has 0 fully saturated rings. The predicted octanol–water partition coefficient (Wildman–Crippen LogP) is 1.83. The summed E-state index contributed by atoms with van der Waals surface area (Å²) in [6, 6.07) is 8.38. The average molecular weight is 308 g/mol. The highest BCUT2D eigenvalue weighted by atomic mass is 16.6. The second kappa shape index (κ2) is 9.04. The van der Waals surface area contributed by atoms with Gasteiger partial charge in [0.2, 0.25) is 0 Å². The van der Waals surface area contributed by atoms with Crippen LogP contribution in [0.2, 0.25) is 0 Å². The molecule has 0 aliphatic carbocycles. The fraction of sp³-hybridized carbons (Fsp3) is 0.500. The van der Waals surface area contributed by atoms with Gasteiger partial charge in [-0.1, -0.05) is 44.2 Å². The summed E-state index contributed by atoms with van der Waals surface area (Å²) >= 11 is 0. The lowest BCUT2D eigenvalue weighted by atomic mass is 10.1. The van der Waals surface area contributed by atoms with Crippen LogP contribution in [-0.4, -0.2) is 30.8 Å². The van der Waals surface area contributed by atoms with E-state index in [0.717, 1.165) is 5.56 Å². The van der Waals surface area contributed by atoms with Crippen LogP contribution in [-0.2, 0) is 20.9 Å². The van der Waals surface area contributed by atoms with Gasteiger partial charge >= 0.3 is 12.1 Å². The van der Waals surface area contributed by atoms with Crippen molar-refractivity contribution in [3.63, 3.8) is 0 Å². The van der Waals surface area contributed by atoms with Crippen LogP contribution >= 0.6 is 0 Å². The Morgan fingerprint density at radius 3 is 2.32 bits per heavy atom. The fourth-order valence-corrected chi connectivity index (χ4v) is 1.62. The third kappa shape index (κ3) is 6.58. The second-order valence-electron chi connectivity index (χ2n) is 5.48. The molecule has 0 bridgehead atoms. The third-order valence-corrected chi connectivity index (χ3v) is 3.10. The van der Waals surface area contributed by atoms with Gasteiger partial charge < -0.3 is 20.5 Å². The number of hydrogen-bond donors (Lipinski definition) is 2. The molecule has 1 aromatic carbocycles. The summed E-state index contributed by atoms with van der Waals surface area (Å²) in [5.41, 5.74) is 6.33. The molecule has 0 saturated heterocycles. The van der Waals surface area contributed by atoms with Crippen LogP contribution in [0.25, 0.3) is 0 Å². The van der Waals surface area contributed by atoms with Crippen molar-refractivity contribution in [1.82, 2.24) is 5.32 Å². The van der Waals surface area contributed by atoms with Crippen LogP contribution in [0.5, 0.6) is 0 Å². The van der Waals surface area contributed by atoms with Crippen LogP contribution in [0, 0.1) is 5.92 Å². The number of nitrogens with one attached hydrogen (secondary N) is 1. The van der Waals surface area contributed by atoms with Crippen molar-refractivity contribution in [2.24, 2.45) is 11.7 Å². The number of benzene rings is 1. The van der Waals surface area contributed by atoms with Crippen molar-refractivity contribution in [2.45, 2.75) is 39.5 Å². The molecule has 0 unspecified atom stereocenters. The monoisotopic (exact) mass is 308 g/mol. The maximum atomic E-state index is 11.8. The number of rotatable bonds is 7. The molecule has 6 nitrogen and oxygen atoms in total. The molecule has 6 heteroatoms. The van der Waals surface area contributed by atoms with Crippen LogP contribution < -0.4 is 11.1 Å². The van der Waals surface area contributed by atoms with E-state index in [1.165, 1.54) is 0 Å². The van der Waals surface area contributed by atoms with Crippen LogP contribution in [0.4, 0.5) is 4.79 Å². The van der Waals surface area contributed by atoms with Gasteiger partial charge in [0.1, 0.15) is 19.3 Å². The van der Waals surface area contributed by atoms with Crippen LogP contribution in [0.15, 0.2) is 30.3 Å². The maximum absolute atomic E-state index is 11.8. The minimum atomic E-state index is -0.683. The van der Waals surface area contributed by atoms with E-state index < -0.39 is 18.1 Å². The first kappa shape index (κ1) is 18.0. The van der Waals surface area contributed by atoms with E-state index in [0.29, 0.717) is 0 Å². The van der Waals surface area contributed by atoms with E-state index in [9.17, 15) is 9.59 Å². The first-order chi connectivity index (χ1) is 10.4. The number of ether oxygens (including phenoxy) is 2. The Balaban J connectivity index is 2.42. The molecule has 22 heavy (non-hydrogen) atoms. The lowest BCUT2D eigenvalue weighted by Gasteiger charge is -2.22. The molecule has 122 valence electrons. The Labute approximate surface area is 131 Å². The molecular weight excluding hydrogens is 284 g/mol. The van der Waals surface area contributed by atoms with E-state index >= 15 is 0 Å². The van der Waals surface area contributed by atoms with Gasteiger partial charge in [-0.05, 0) is 18.4 Å². The Hall–Kier alpha value is -2.08. The Kier molecular flexibility index (Phi) is 7.39. The average Bonchev–Trinajstić information content (AvgIpc) is 2.49. The number of amides is 1. The van der Waals surface area contributed by atoms with Gasteiger partial charge in [0.15, 0.2) is 0 Å². The molecule has 0 radical (unpaired) electrons. The Bertz CT molecular complexity index is 474. The molecule has 0 aliphatic rings. The zero-order valence-electron chi connectivity index (χ0n) is 13.2. The van der Waals surface area contributed by atoms with Gasteiger partial charge in [-0.2, -0.15) is 0 Å². The summed E-state index contributed by atoms with van der Waals surface area (Å²) in [6.45, 7) is 5.65. The van der Waals surface area contributed by atoms with Crippen molar-refractivity contribution in [3.8, 4) is 0 Å². The molecule has 1 rings (SSSR count). The molecule has 0 saturated carbocycles. The number of alkyl carbamates (subject to hydrolysis) is 1. The van der Waals surface area contributed by atoms with Gasteiger partial charge in [-0.25, -0.2) is 4.79 Å². The maximum Gasteiger partial charge on any atom is 0.407 e. The number of carbonyl (C=O) groups is 2. The van der Waals surface area contributed by atoms with Gasteiger partial charge in [0.05, 0.1) is 6.04 Å². The first-order valence-corrected chi connectivity index (χ1v) is 7.29. The van der Waals surface area contributed by atoms with Gasteiger partial charge in [-0.15, -0.1) is 0 Å². The highest BCUT2D eigenvalue weighted by molar-refractivity contribution is 5.75. The summed E-state index contributed by atoms with van der Waals surface area (Å²) in [6.07, 6.45) is -0.542. The molecule has 3 N–H and O–H groups in total. The smallest absolute Gasteiger partial charge is 0.407 e. The number of hydrogen-bond acceptors (Lipinski definition) is 5. The van der Waals surface area contributed by atoms with E-state index in [1.54, 1.807) is 6.92 Å². The molecule has 0 aromatic heterocycles. The van der Waals surface area contributed by atoms with Crippen molar-refractivity contribution >= 4 is 12.1 Å². The summed E-state index contributed by atoms with van der Waals surface area (Å²) in [5.74, 6) is -0.407. The largest absolute Gasteiger partial charge is 0.462 e. The summed E-state index contributed by atoms with van der Waals surface area (Å²) in [5, 5.41) is 2.70. The van der Waals surface area contributed by atoms with E-state index in [4.69, 9.17) is 15.2 Å². The molecule has 1 aromatic rings. The van der Waals surface area contributed by atoms with Gasteiger partial charge in [-0.3, -0.25) is 4.79 Å². The van der Waals surface area contributed by atoms with Crippen LogP contribution in [0.1, 0.15) is 26.3 Å². The molecule has 0 spiro atoms. The van der Waals surface area contributed by atoms with E-state index in [-0.39, 0.29) is 25.2 Å². The van der Waals surface area contributed by atoms with Crippen molar-refractivity contribution in [1.29, 1.82) is 0 Å². The molecule has 2 atom stereocenters. The normalized spacial score (nSPS) is 13.3. The minimum Gasteiger partial charge on any atom is -0.462 e. The lowest BCUT2D eigenvalue weighted by Crippen LogP contribution is -2.43. The number of nitrogens with two attached hydrogens (primary N) is 1. The molecular formula is C16H24N2O4. The van der Waals surface area contributed by atoms with Crippen molar-refractivity contribution < 1.29 is 19.1 Å². The highest BCUT2D eigenvalue weighted by Crippen LogP contribution is 2.05. The molecule has 1 amide bonds. The number of esters is 1. The SMILES string of the molecule is CC(C)[C@@H](COC(=O)[C@H](C)N)NC(=O)OCc1ccccc1. The Morgan fingerprint density at radius 1 is 1.14 bits per heavy atom. The predicted molar refractivity (Wildman–Crippen MR) is 83.0 cm³/mol. The van der Waals surface area contributed by atoms with Crippen LogP contribution in [0.3, 0.4) is 0 Å². The molecule has 0 heterocycles. The van der Waals surface area contributed by atoms with Gasteiger partial charge in [0, 0.05) is 0 Å². The zero-order chi connectivity index (χ0) is 16.5.